The molecule has 2 aromatic heterocycles. The van der Waals surface area contributed by atoms with Crippen LogP contribution < -0.4 is 5.32 Å². The second-order valence-electron chi connectivity index (χ2n) is 7.23. The van der Waals surface area contributed by atoms with E-state index in [2.05, 4.69) is 20.5 Å². The van der Waals surface area contributed by atoms with Gasteiger partial charge in [-0.3, -0.25) is 4.79 Å². The van der Waals surface area contributed by atoms with E-state index < -0.39 is 12.1 Å². The molecule has 0 saturated heterocycles. The predicted octanol–water partition coefficient (Wildman–Crippen LogP) is 4.52. The monoisotopic (exact) mass is 382 g/mol. The number of nitrogens with zero attached hydrogens (tertiary/aromatic N) is 3. The first-order valence-electron chi connectivity index (χ1n) is 8.95. The zero-order chi connectivity index (χ0) is 18.5. The van der Waals surface area contributed by atoms with Crippen molar-refractivity contribution in [3.63, 3.8) is 0 Å². The van der Waals surface area contributed by atoms with E-state index in [1.165, 1.54) is 5.56 Å². The number of pyridine rings is 1. The summed E-state index contributed by atoms with van der Waals surface area (Å²) in [5.74, 6) is 0.0481. The van der Waals surface area contributed by atoms with Crippen LogP contribution in [0, 0.1) is 5.92 Å². The summed E-state index contributed by atoms with van der Waals surface area (Å²) in [6.07, 6.45) is 6.80. The van der Waals surface area contributed by atoms with E-state index >= 15 is 0 Å². The third-order valence-electron chi connectivity index (χ3n) is 5.18. The van der Waals surface area contributed by atoms with Gasteiger partial charge >= 0.3 is 0 Å². The molecule has 2 aliphatic carbocycles. The van der Waals surface area contributed by atoms with Gasteiger partial charge in [0.05, 0.1) is 23.3 Å². The third-order valence-corrected chi connectivity index (χ3v) is 5.49. The maximum atomic E-state index is 13.1. The predicted molar refractivity (Wildman–Crippen MR) is 101 cm³/mol. The fourth-order valence-corrected chi connectivity index (χ4v) is 3.66. The first kappa shape index (κ1) is 16.6. The van der Waals surface area contributed by atoms with Crippen LogP contribution in [0.25, 0.3) is 21.9 Å². The highest BCUT2D eigenvalue weighted by Crippen LogP contribution is 2.44. The molecule has 2 fully saturated rings. The lowest BCUT2D eigenvalue weighted by Crippen LogP contribution is -2.15. The van der Waals surface area contributed by atoms with Gasteiger partial charge in [-0.1, -0.05) is 11.6 Å². The highest BCUT2D eigenvalue weighted by atomic mass is 35.5. The number of halogens is 2. The minimum absolute atomic E-state index is 0.286. The van der Waals surface area contributed by atoms with Crippen molar-refractivity contribution in [3.8, 4) is 11.1 Å². The van der Waals surface area contributed by atoms with Crippen LogP contribution in [0.1, 0.15) is 30.7 Å². The number of amides is 1. The van der Waals surface area contributed by atoms with E-state index in [-0.39, 0.29) is 12.3 Å². The molecule has 0 aliphatic heterocycles. The molecule has 2 saturated carbocycles. The summed E-state index contributed by atoms with van der Waals surface area (Å²) in [6.45, 7) is 0. The van der Waals surface area contributed by atoms with Crippen molar-refractivity contribution in [1.29, 1.82) is 0 Å². The van der Waals surface area contributed by atoms with Gasteiger partial charge < -0.3 is 5.32 Å². The number of carbonyl (C=O) groups is 1. The normalized spacial score (nSPS) is 21.3. The Balaban J connectivity index is 1.54. The number of hydrogen-bond acceptors (Lipinski definition) is 4. The van der Waals surface area contributed by atoms with Gasteiger partial charge in [0.25, 0.3) is 0 Å². The van der Waals surface area contributed by atoms with Crippen LogP contribution in [0.15, 0.2) is 36.8 Å². The summed E-state index contributed by atoms with van der Waals surface area (Å²) in [6, 6.07) is 5.69. The standard InChI is InChI=1S/C20H16ClFN4O/c21-17-4-11(15-9-25-24-8-14(15)10-1-2-10)3-12-5-19(23-7-16(12)17)26-20(27)13-6-18(13)22/h3-5,7-10,13,18H,1-2,6H2,(H,23,26,27). The lowest BCUT2D eigenvalue weighted by Gasteiger charge is -2.11. The summed E-state index contributed by atoms with van der Waals surface area (Å²) >= 11 is 6.48. The maximum absolute atomic E-state index is 13.1. The van der Waals surface area contributed by atoms with Crippen molar-refractivity contribution in [3.05, 3.63) is 47.4 Å². The maximum Gasteiger partial charge on any atom is 0.231 e. The summed E-state index contributed by atoms with van der Waals surface area (Å²) < 4.78 is 13.1. The Morgan fingerprint density at radius 1 is 1.15 bits per heavy atom. The van der Waals surface area contributed by atoms with Crippen molar-refractivity contribution in [2.45, 2.75) is 31.4 Å². The Kier molecular flexibility index (Phi) is 3.82. The molecule has 2 aliphatic rings. The van der Waals surface area contributed by atoms with Gasteiger partial charge in [0, 0.05) is 17.1 Å². The Morgan fingerprint density at radius 3 is 2.67 bits per heavy atom. The van der Waals surface area contributed by atoms with Crippen molar-refractivity contribution in [2.75, 3.05) is 5.32 Å². The molecule has 0 radical (unpaired) electrons. The number of rotatable bonds is 4. The third kappa shape index (κ3) is 3.14. The van der Waals surface area contributed by atoms with Crippen LogP contribution in [-0.4, -0.2) is 27.3 Å². The van der Waals surface area contributed by atoms with Crippen LogP contribution in [0.5, 0.6) is 0 Å². The molecular formula is C20H16ClFN4O. The van der Waals surface area contributed by atoms with E-state index in [9.17, 15) is 9.18 Å². The molecule has 1 N–H and O–H groups in total. The van der Waals surface area contributed by atoms with Crippen LogP contribution in [0.3, 0.4) is 0 Å². The van der Waals surface area contributed by atoms with Crippen molar-refractivity contribution in [2.24, 2.45) is 5.92 Å². The van der Waals surface area contributed by atoms with E-state index in [1.54, 1.807) is 18.5 Å². The Bertz CT molecular complexity index is 1070. The molecule has 27 heavy (non-hydrogen) atoms. The molecule has 5 nitrogen and oxygen atoms in total. The largest absolute Gasteiger partial charge is 0.310 e. The number of carbonyl (C=O) groups excluding carboxylic acids is 1. The van der Waals surface area contributed by atoms with Gasteiger partial charge in [0.1, 0.15) is 12.0 Å². The van der Waals surface area contributed by atoms with Crippen molar-refractivity contribution >= 4 is 34.1 Å². The molecular weight excluding hydrogens is 367 g/mol. The molecule has 2 atom stereocenters. The van der Waals surface area contributed by atoms with Crippen LogP contribution >= 0.6 is 11.6 Å². The molecule has 1 amide bonds. The van der Waals surface area contributed by atoms with E-state index in [4.69, 9.17) is 11.6 Å². The molecule has 2 heterocycles. The summed E-state index contributed by atoms with van der Waals surface area (Å²) in [5.41, 5.74) is 3.17. The van der Waals surface area contributed by atoms with Crippen LogP contribution in [0.2, 0.25) is 5.02 Å². The Labute approximate surface area is 160 Å². The second kappa shape index (κ2) is 6.23. The number of hydrogen-bond donors (Lipinski definition) is 1. The van der Waals surface area contributed by atoms with Gasteiger partial charge in [-0.05, 0) is 59.9 Å². The molecule has 1 aromatic carbocycles. The fraction of sp³-hybridized carbons (Fsp3) is 0.300. The Morgan fingerprint density at radius 2 is 1.93 bits per heavy atom. The molecule has 3 aromatic rings. The van der Waals surface area contributed by atoms with Gasteiger partial charge in [-0.25, -0.2) is 9.37 Å². The molecule has 0 bridgehead atoms. The highest BCUT2D eigenvalue weighted by Gasteiger charge is 2.43. The zero-order valence-corrected chi connectivity index (χ0v) is 15.1. The lowest BCUT2D eigenvalue weighted by atomic mass is 9.98. The van der Waals surface area contributed by atoms with Crippen LogP contribution in [0.4, 0.5) is 10.2 Å². The Hall–Kier alpha value is -2.60. The zero-order valence-electron chi connectivity index (χ0n) is 14.3. The average molecular weight is 383 g/mol. The molecule has 2 unspecified atom stereocenters. The average Bonchev–Trinajstić information content (AvgIpc) is 3.57. The molecule has 136 valence electrons. The number of benzene rings is 1. The highest BCUT2D eigenvalue weighted by molar-refractivity contribution is 6.36. The minimum Gasteiger partial charge on any atom is -0.310 e. The second-order valence-corrected chi connectivity index (χ2v) is 7.64. The minimum atomic E-state index is -1.04. The van der Waals surface area contributed by atoms with Gasteiger partial charge in [0.2, 0.25) is 5.91 Å². The van der Waals surface area contributed by atoms with Gasteiger partial charge in [-0.2, -0.15) is 10.2 Å². The van der Waals surface area contributed by atoms with Crippen LogP contribution in [-0.2, 0) is 4.79 Å². The van der Waals surface area contributed by atoms with Crippen molar-refractivity contribution in [1.82, 2.24) is 15.2 Å². The summed E-state index contributed by atoms with van der Waals surface area (Å²) in [5, 5.41) is 13.0. The molecule has 0 spiro atoms. The topological polar surface area (TPSA) is 67.8 Å². The smallest absolute Gasteiger partial charge is 0.231 e. The number of aromatic nitrogens is 3. The van der Waals surface area contributed by atoms with E-state index in [1.807, 2.05) is 18.3 Å². The fourth-order valence-electron chi connectivity index (χ4n) is 3.38. The molecule has 7 heteroatoms. The van der Waals surface area contributed by atoms with Gasteiger partial charge in [-0.15, -0.1) is 0 Å². The first-order valence-corrected chi connectivity index (χ1v) is 9.33. The number of anilines is 1. The van der Waals surface area contributed by atoms with Crippen molar-refractivity contribution < 1.29 is 9.18 Å². The lowest BCUT2D eigenvalue weighted by molar-refractivity contribution is -0.117. The quantitative estimate of drug-likeness (QED) is 0.720. The van der Waals surface area contributed by atoms with E-state index in [0.717, 1.165) is 34.7 Å². The first-order chi connectivity index (χ1) is 13.1. The van der Waals surface area contributed by atoms with E-state index in [0.29, 0.717) is 16.8 Å². The number of alkyl halides is 1. The molecule has 5 rings (SSSR count). The number of nitrogens with one attached hydrogen (secondary N) is 1. The SMILES string of the molecule is O=C(Nc1cc2cc(-c3cnncc3C3CC3)cc(Cl)c2cn1)C1CC1F. The number of fused-ring (bicyclic) bond motifs is 1. The summed E-state index contributed by atoms with van der Waals surface area (Å²) in [4.78, 5) is 16.2. The summed E-state index contributed by atoms with van der Waals surface area (Å²) in [7, 11) is 0. The van der Waals surface area contributed by atoms with Gasteiger partial charge in [0.15, 0.2) is 0 Å².